The van der Waals surface area contributed by atoms with Crippen LogP contribution in [0.1, 0.15) is 28.4 Å². The third-order valence-corrected chi connectivity index (χ3v) is 5.94. The summed E-state index contributed by atoms with van der Waals surface area (Å²) in [5, 5.41) is 60.0. The third kappa shape index (κ3) is 4.54. The van der Waals surface area contributed by atoms with Gasteiger partial charge >= 0.3 is 0 Å². The van der Waals surface area contributed by atoms with Gasteiger partial charge in [-0.05, 0) is 12.1 Å². The molecule has 2 unspecified atom stereocenters. The molecule has 2 aromatic carbocycles. The molecule has 0 aromatic heterocycles. The molecule has 12 heteroatoms. The monoisotopic (exact) mass is 494 g/mol. The first kappa shape index (κ1) is 24.8. The number of rotatable bonds is 6. The summed E-state index contributed by atoms with van der Waals surface area (Å²) in [6.45, 7) is -0.660. The van der Waals surface area contributed by atoms with Crippen LogP contribution >= 0.6 is 0 Å². The van der Waals surface area contributed by atoms with Gasteiger partial charge in [-0.1, -0.05) is 0 Å². The molecule has 6 N–H and O–H groups in total. The second-order valence-corrected chi connectivity index (χ2v) is 8.14. The molecule has 12 nitrogen and oxygen atoms in total. The molecule has 6 atom stereocenters. The Morgan fingerprint density at radius 1 is 0.943 bits per heavy atom. The summed E-state index contributed by atoms with van der Waals surface area (Å²) in [7, 11) is 2.72. The van der Waals surface area contributed by atoms with E-state index < -0.39 is 49.2 Å². The van der Waals surface area contributed by atoms with Crippen LogP contribution in [0.5, 0.6) is 34.5 Å². The minimum absolute atomic E-state index is 0.0168. The van der Waals surface area contributed by atoms with Gasteiger partial charge in [0.1, 0.15) is 53.3 Å². The van der Waals surface area contributed by atoms with E-state index in [1.807, 2.05) is 0 Å². The highest BCUT2D eigenvalue weighted by molar-refractivity contribution is 6.03. The van der Waals surface area contributed by atoms with Crippen LogP contribution < -0.4 is 18.9 Å². The van der Waals surface area contributed by atoms with Crippen LogP contribution in [0.4, 0.5) is 0 Å². The van der Waals surface area contributed by atoms with Crippen molar-refractivity contribution in [2.24, 2.45) is 0 Å². The van der Waals surface area contributed by atoms with Crippen molar-refractivity contribution in [3.05, 3.63) is 35.4 Å². The maximum atomic E-state index is 13.2. The molecule has 2 aliphatic heterocycles. The molecule has 0 saturated carbocycles. The number of carbonyl (C=O) groups excluding carboxylic acids is 1. The number of carbonyl (C=O) groups is 1. The van der Waals surface area contributed by atoms with E-state index >= 15 is 0 Å². The van der Waals surface area contributed by atoms with Gasteiger partial charge in [0.05, 0.1) is 27.2 Å². The number of benzene rings is 2. The Balaban J connectivity index is 1.66. The number of phenols is 2. The highest BCUT2D eigenvalue weighted by Gasteiger charge is 2.45. The Morgan fingerprint density at radius 2 is 1.60 bits per heavy atom. The molecular weight excluding hydrogens is 468 g/mol. The van der Waals surface area contributed by atoms with E-state index in [1.54, 1.807) is 0 Å². The number of Topliss-reactive ketones (excluding diaryl/α,β-unsaturated/α-hetero) is 1. The van der Waals surface area contributed by atoms with Crippen molar-refractivity contribution in [2.45, 2.75) is 43.2 Å². The molecule has 1 saturated heterocycles. The zero-order valence-corrected chi connectivity index (χ0v) is 18.8. The van der Waals surface area contributed by atoms with Gasteiger partial charge in [-0.2, -0.15) is 0 Å². The summed E-state index contributed by atoms with van der Waals surface area (Å²) in [6.07, 6.45) is -8.74. The largest absolute Gasteiger partial charge is 0.508 e. The number of hydrogen-bond donors (Lipinski definition) is 6. The highest BCUT2D eigenvalue weighted by Crippen LogP contribution is 2.45. The molecule has 190 valence electrons. The van der Waals surface area contributed by atoms with Crippen molar-refractivity contribution in [1.29, 1.82) is 0 Å². The van der Waals surface area contributed by atoms with Crippen LogP contribution in [-0.2, 0) is 4.74 Å². The van der Waals surface area contributed by atoms with Crippen molar-refractivity contribution in [1.82, 2.24) is 0 Å². The van der Waals surface area contributed by atoms with Crippen LogP contribution in [0.15, 0.2) is 24.3 Å². The van der Waals surface area contributed by atoms with Crippen LogP contribution in [0.25, 0.3) is 0 Å². The van der Waals surface area contributed by atoms with Gasteiger partial charge in [0, 0.05) is 17.7 Å². The first-order chi connectivity index (χ1) is 16.7. The predicted octanol–water partition coefficient (Wildman–Crippen LogP) is 0.000200. The lowest BCUT2D eigenvalue weighted by Gasteiger charge is -2.40. The zero-order valence-electron chi connectivity index (χ0n) is 18.8. The van der Waals surface area contributed by atoms with Crippen LogP contribution in [0, 0.1) is 0 Å². The average molecular weight is 494 g/mol. The maximum Gasteiger partial charge on any atom is 0.229 e. The summed E-state index contributed by atoms with van der Waals surface area (Å²) in [6, 6.07) is 5.33. The number of aliphatic hydroxyl groups excluding tert-OH is 4. The predicted molar refractivity (Wildman–Crippen MR) is 116 cm³/mol. The van der Waals surface area contributed by atoms with Gasteiger partial charge in [-0.3, -0.25) is 4.79 Å². The molecule has 2 aliphatic rings. The van der Waals surface area contributed by atoms with Crippen molar-refractivity contribution >= 4 is 5.78 Å². The second-order valence-electron chi connectivity index (χ2n) is 8.14. The summed E-state index contributed by atoms with van der Waals surface area (Å²) >= 11 is 0. The third-order valence-electron chi connectivity index (χ3n) is 5.94. The van der Waals surface area contributed by atoms with E-state index in [2.05, 4.69) is 0 Å². The Bertz CT molecular complexity index is 1080. The van der Waals surface area contributed by atoms with E-state index in [0.29, 0.717) is 5.56 Å². The number of aromatic hydroxyl groups is 2. The number of ketones is 1. The Morgan fingerprint density at radius 3 is 2.20 bits per heavy atom. The van der Waals surface area contributed by atoms with Crippen molar-refractivity contribution < 1.29 is 59.1 Å². The number of ether oxygens (including phenoxy) is 5. The fraction of sp³-hybridized carbons (Fsp3) is 0.435. The molecule has 0 spiro atoms. The maximum absolute atomic E-state index is 13.2. The molecule has 35 heavy (non-hydrogen) atoms. The number of phenolic OH excluding ortho intramolecular Hbond substituents is 2. The fourth-order valence-corrected chi connectivity index (χ4v) is 4.08. The van der Waals surface area contributed by atoms with Crippen molar-refractivity contribution in [3.8, 4) is 34.5 Å². The molecular formula is C23H26O12. The normalized spacial score (nSPS) is 28.1. The number of hydrogen-bond acceptors (Lipinski definition) is 12. The quantitative estimate of drug-likeness (QED) is 0.316. The molecule has 0 radical (unpaired) electrons. The van der Waals surface area contributed by atoms with E-state index in [9.17, 15) is 35.4 Å². The summed E-state index contributed by atoms with van der Waals surface area (Å²) in [5.74, 6) is -0.938. The SMILES string of the molecule is COc1cc([C@H]2CC(=O)c3c(O[C@@H]4OC(CO)[C@@H](O)C(O)[C@@H]4O)cc(O)cc3O2)cc(OC)c1O. The van der Waals surface area contributed by atoms with Gasteiger partial charge in [-0.25, -0.2) is 0 Å². The smallest absolute Gasteiger partial charge is 0.229 e. The average Bonchev–Trinajstić information content (AvgIpc) is 2.83. The molecule has 0 aliphatic carbocycles. The minimum Gasteiger partial charge on any atom is -0.508 e. The topological polar surface area (TPSA) is 185 Å². The molecule has 0 bridgehead atoms. The lowest BCUT2D eigenvalue weighted by Crippen LogP contribution is -2.60. The molecule has 0 amide bonds. The van der Waals surface area contributed by atoms with E-state index in [1.165, 1.54) is 32.4 Å². The summed E-state index contributed by atoms with van der Waals surface area (Å²) in [4.78, 5) is 13.2. The van der Waals surface area contributed by atoms with Crippen LogP contribution in [0.3, 0.4) is 0 Å². The van der Waals surface area contributed by atoms with Crippen molar-refractivity contribution in [3.63, 3.8) is 0 Å². The number of methoxy groups -OCH3 is 2. The van der Waals surface area contributed by atoms with Gasteiger partial charge < -0.3 is 54.3 Å². The van der Waals surface area contributed by atoms with Gasteiger partial charge in [0.2, 0.25) is 12.0 Å². The van der Waals surface area contributed by atoms with E-state index in [0.717, 1.165) is 6.07 Å². The number of fused-ring (bicyclic) bond motifs is 1. The summed E-state index contributed by atoms with van der Waals surface area (Å²) in [5.41, 5.74) is 0.434. The zero-order chi connectivity index (χ0) is 25.4. The molecule has 4 rings (SSSR count). The Hall–Kier alpha value is -3.29. The van der Waals surface area contributed by atoms with Gasteiger partial charge in [-0.15, -0.1) is 0 Å². The van der Waals surface area contributed by atoms with Crippen molar-refractivity contribution in [2.75, 3.05) is 20.8 Å². The van der Waals surface area contributed by atoms with E-state index in [4.69, 9.17) is 23.7 Å². The fourth-order valence-electron chi connectivity index (χ4n) is 4.08. The first-order valence-electron chi connectivity index (χ1n) is 10.7. The Labute approximate surface area is 199 Å². The van der Waals surface area contributed by atoms with Gasteiger partial charge in [0.15, 0.2) is 17.3 Å². The minimum atomic E-state index is -1.71. The molecule has 2 aromatic rings. The lowest BCUT2D eigenvalue weighted by molar-refractivity contribution is -0.277. The van der Waals surface area contributed by atoms with Gasteiger partial charge in [0.25, 0.3) is 0 Å². The van der Waals surface area contributed by atoms with E-state index in [-0.39, 0.29) is 46.5 Å². The first-order valence-corrected chi connectivity index (χ1v) is 10.7. The molecule has 1 fully saturated rings. The standard InChI is InChI=1S/C23H26O12/c1-31-15-3-9(4-16(32-2)19(15)27)12-7-11(26)18-13(33-12)5-10(25)6-14(18)34-23-22(30)21(29)20(28)17(8-24)35-23/h3-6,12,17,20-25,27-30H,7-8H2,1-2H3/t12-,17?,20-,21?,22+,23-/m1/s1. The summed E-state index contributed by atoms with van der Waals surface area (Å²) < 4.78 is 27.2. The Kier molecular flexibility index (Phi) is 6.92. The number of aliphatic hydroxyl groups is 4. The van der Waals surface area contributed by atoms with Crippen LogP contribution in [0.2, 0.25) is 0 Å². The lowest BCUT2D eigenvalue weighted by atomic mass is 9.94. The molecule has 2 heterocycles. The second kappa shape index (κ2) is 9.76. The highest BCUT2D eigenvalue weighted by atomic mass is 16.7. The van der Waals surface area contributed by atoms with Crippen LogP contribution in [-0.4, -0.2) is 88.0 Å².